The Balaban J connectivity index is 2.61. The van der Waals surface area contributed by atoms with Gasteiger partial charge in [0.15, 0.2) is 0 Å². The molecule has 0 unspecified atom stereocenters. The summed E-state index contributed by atoms with van der Waals surface area (Å²) in [6, 6.07) is 4.13. The number of hydrogen-bond acceptors (Lipinski definition) is 3. The van der Waals surface area contributed by atoms with Crippen LogP contribution in [0.3, 0.4) is 0 Å². The Morgan fingerprint density at radius 2 is 1.86 bits per heavy atom. The SMILES string of the molecule is O=[N+]([O-])c1ccc(Cl)nc1-c1ccc(C(F)(F)F)c(F)c1. The lowest BCUT2D eigenvalue weighted by Crippen LogP contribution is -2.08. The number of benzene rings is 1. The maximum Gasteiger partial charge on any atom is 0.419 e. The van der Waals surface area contributed by atoms with E-state index in [-0.39, 0.29) is 16.4 Å². The Labute approximate surface area is 120 Å². The summed E-state index contributed by atoms with van der Waals surface area (Å²) in [5.41, 5.74) is -2.43. The van der Waals surface area contributed by atoms with Gasteiger partial charge in [-0.1, -0.05) is 17.7 Å². The minimum absolute atomic E-state index is 0.101. The largest absolute Gasteiger partial charge is 0.419 e. The van der Waals surface area contributed by atoms with Crippen molar-refractivity contribution in [3.05, 3.63) is 57.0 Å². The summed E-state index contributed by atoms with van der Waals surface area (Å²) < 4.78 is 50.9. The molecule has 2 aromatic rings. The topological polar surface area (TPSA) is 56.0 Å². The zero-order chi connectivity index (χ0) is 15.8. The molecule has 0 spiro atoms. The van der Waals surface area contributed by atoms with E-state index in [9.17, 15) is 27.7 Å². The lowest BCUT2D eigenvalue weighted by molar-refractivity contribution is -0.384. The van der Waals surface area contributed by atoms with Gasteiger partial charge in [0.25, 0.3) is 5.69 Å². The average Bonchev–Trinajstić information content (AvgIpc) is 2.36. The van der Waals surface area contributed by atoms with Crippen LogP contribution in [0, 0.1) is 15.9 Å². The molecule has 0 bridgehead atoms. The van der Waals surface area contributed by atoms with Gasteiger partial charge in [-0.3, -0.25) is 10.1 Å². The highest BCUT2D eigenvalue weighted by molar-refractivity contribution is 6.29. The van der Waals surface area contributed by atoms with Crippen molar-refractivity contribution in [2.45, 2.75) is 6.18 Å². The van der Waals surface area contributed by atoms with Crippen LogP contribution in [0.5, 0.6) is 0 Å². The predicted octanol–water partition coefficient (Wildman–Crippen LogP) is 4.47. The van der Waals surface area contributed by atoms with Crippen molar-refractivity contribution in [2.24, 2.45) is 0 Å². The third kappa shape index (κ3) is 3.10. The number of halogens is 5. The highest BCUT2D eigenvalue weighted by Gasteiger charge is 2.34. The second kappa shape index (κ2) is 5.28. The molecular formula is C12H5ClF4N2O2. The molecule has 9 heteroatoms. The van der Waals surface area contributed by atoms with Gasteiger partial charge in [0.2, 0.25) is 0 Å². The van der Waals surface area contributed by atoms with Crippen LogP contribution in [0.4, 0.5) is 23.2 Å². The summed E-state index contributed by atoms with van der Waals surface area (Å²) in [7, 11) is 0. The van der Waals surface area contributed by atoms with Crippen LogP contribution < -0.4 is 0 Å². The maximum absolute atomic E-state index is 13.5. The summed E-state index contributed by atoms with van der Waals surface area (Å²) >= 11 is 5.61. The van der Waals surface area contributed by atoms with Crippen LogP contribution in [0.2, 0.25) is 5.15 Å². The molecule has 1 aromatic heterocycles. The Hall–Kier alpha value is -2.22. The zero-order valence-corrected chi connectivity index (χ0v) is 10.7. The molecule has 0 saturated carbocycles. The Morgan fingerprint density at radius 3 is 2.38 bits per heavy atom. The molecule has 0 atom stereocenters. The summed E-state index contributed by atoms with van der Waals surface area (Å²) in [6.45, 7) is 0. The smallest absolute Gasteiger partial charge is 0.258 e. The first-order chi connectivity index (χ1) is 9.70. The highest BCUT2D eigenvalue weighted by atomic mass is 35.5. The Kier molecular flexibility index (Phi) is 3.82. The van der Waals surface area contributed by atoms with Gasteiger partial charge in [0.05, 0.1) is 10.5 Å². The normalized spacial score (nSPS) is 11.5. The van der Waals surface area contributed by atoms with Crippen molar-refractivity contribution < 1.29 is 22.5 Å². The van der Waals surface area contributed by atoms with Crippen LogP contribution >= 0.6 is 11.6 Å². The van der Waals surface area contributed by atoms with E-state index in [4.69, 9.17) is 11.6 Å². The monoisotopic (exact) mass is 320 g/mol. The third-order valence-electron chi connectivity index (χ3n) is 2.58. The van der Waals surface area contributed by atoms with E-state index in [1.54, 1.807) is 0 Å². The van der Waals surface area contributed by atoms with E-state index in [1.807, 2.05) is 0 Å². The lowest BCUT2D eigenvalue weighted by atomic mass is 10.1. The van der Waals surface area contributed by atoms with Gasteiger partial charge in [-0.15, -0.1) is 0 Å². The van der Waals surface area contributed by atoms with E-state index in [2.05, 4.69) is 4.98 Å². The van der Waals surface area contributed by atoms with E-state index >= 15 is 0 Å². The molecule has 0 N–H and O–H groups in total. The third-order valence-corrected chi connectivity index (χ3v) is 2.80. The number of rotatable bonds is 2. The van der Waals surface area contributed by atoms with Gasteiger partial charge in [0.1, 0.15) is 16.7 Å². The van der Waals surface area contributed by atoms with Gasteiger partial charge >= 0.3 is 6.18 Å². The molecule has 0 aliphatic rings. The molecule has 4 nitrogen and oxygen atoms in total. The van der Waals surface area contributed by atoms with Gasteiger partial charge in [-0.2, -0.15) is 13.2 Å². The van der Waals surface area contributed by atoms with Crippen LogP contribution in [0.1, 0.15) is 5.56 Å². The second-order valence-corrected chi connectivity index (χ2v) is 4.34. The van der Waals surface area contributed by atoms with Crippen LogP contribution in [0.15, 0.2) is 30.3 Å². The number of hydrogen-bond donors (Lipinski definition) is 0. The number of nitro groups is 1. The summed E-state index contributed by atoms with van der Waals surface area (Å²) in [5.74, 6) is -1.55. The Bertz CT molecular complexity index is 719. The van der Waals surface area contributed by atoms with Crippen LogP contribution in [0.25, 0.3) is 11.3 Å². The fraction of sp³-hybridized carbons (Fsp3) is 0.0833. The Morgan fingerprint density at radius 1 is 1.19 bits per heavy atom. The van der Waals surface area contributed by atoms with E-state index < -0.39 is 28.2 Å². The molecule has 110 valence electrons. The second-order valence-electron chi connectivity index (χ2n) is 3.95. The van der Waals surface area contributed by atoms with Gasteiger partial charge in [-0.05, 0) is 18.2 Å². The van der Waals surface area contributed by atoms with Gasteiger partial charge in [-0.25, -0.2) is 9.37 Å². The number of nitrogens with zero attached hydrogens (tertiary/aromatic N) is 2. The fourth-order valence-electron chi connectivity index (χ4n) is 1.68. The molecular weight excluding hydrogens is 316 g/mol. The molecule has 0 amide bonds. The molecule has 0 saturated heterocycles. The lowest BCUT2D eigenvalue weighted by Gasteiger charge is -2.09. The first kappa shape index (κ1) is 15.2. The molecule has 21 heavy (non-hydrogen) atoms. The first-order valence-electron chi connectivity index (χ1n) is 5.38. The van der Waals surface area contributed by atoms with Gasteiger partial charge < -0.3 is 0 Å². The number of pyridine rings is 1. The summed E-state index contributed by atoms with van der Waals surface area (Å²) in [4.78, 5) is 13.8. The first-order valence-corrected chi connectivity index (χ1v) is 5.76. The van der Waals surface area contributed by atoms with Gasteiger partial charge in [0, 0.05) is 11.6 Å². The summed E-state index contributed by atoms with van der Waals surface area (Å²) in [5, 5.41) is 10.8. The minimum Gasteiger partial charge on any atom is -0.258 e. The zero-order valence-electron chi connectivity index (χ0n) is 9.99. The average molecular weight is 321 g/mol. The van der Waals surface area contributed by atoms with Crippen molar-refractivity contribution >= 4 is 17.3 Å². The fourth-order valence-corrected chi connectivity index (χ4v) is 1.83. The predicted molar refractivity (Wildman–Crippen MR) is 66.3 cm³/mol. The molecule has 0 aliphatic heterocycles. The van der Waals surface area contributed by atoms with Crippen molar-refractivity contribution in [3.63, 3.8) is 0 Å². The molecule has 1 heterocycles. The molecule has 0 aliphatic carbocycles. The van der Waals surface area contributed by atoms with Crippen molar-refractivity contribution in [1.82, 2.24) is 4.98 Å². The van der Waals surface area contributed by atoms with E-state index in [0.717, 1.165) is 18.2 Å². The maximum atomic E-state index is 13.5. The molecule has 0 fully saturated rings. The molecule has 0 radical (unpaired) electrons. The van der Waals surface area contributed by atoms with E-state index in [0.29, 0.717) is 12.1 Å². The number of aromatic nitrogens is 1. The van der Waals surface area contributed by atoms with Crippen molar-refractivity contribution in [2.75, 3.05) is 0 Å². The molecule has 2 rings (SSSR count). The molecule has 1 aromatic carbocycles. The van der Waals surface area contributed by atoms with Crippen molar-refractivity contribution in [1.29, 1.82) is 0 Å². The van der Waals surface area contributed by atoms with Crippen molar-refractivity contribution in [3.8, 4) is 11.3 Å². The highest BCUT2D eigenvalue weighted by Crippen LogP contribution is 2.35. The standard InChI is InChI=1S/C12H5ClF4N2O2/c13-10-4-3-9(19(20)21)11(18-10)6-1-2-7(8(14)5-6)12(15,16)17/h1-5H. The van der Waals surface area contributed by atoms with Crippen LogP contribution in [-0.4, -0.2) is 9.91 Å². The summed E-state index contributed by atoms with van der Waals surface area (Å²) in [6.07, 6.45) is -4.85. The van der Waals surface area contributed by atoms with E-state index in [1.165, 1.54) is 0 Å². The minimum atomic E-state index is -4.85. The van der Waals surface area contributed by atoms with Crippen LogP contribution in [-0.2, 0) is 6.18 Å². The number of alkyl halides is 3. The quantitative estimate of drug-likeness (QED) is 0.355.